The first-order valence-electron chi connectivity index (χ1n) is 4.23. The molecule has 0 atom stereocenters. The van der Waals surface area contributed by atoms with E-state index < -0.39 is 0 Å². The fraction of sp³-hybridized carbons (Fsp3) is 0.556. The van der Waals surface area contributed by atoms with Crippen molar-refractivity contribution in [3.8, 4) is 0 Å². The molecule has 1 nitrogen and oxygen atoms in total. The lowest BCUT2D eigenvalue weighted by atomic mass is 9.68. The minimum absolute atomic E-state index is 0.289. The van der Waals surface area contributed by atoms with Crippen molar-refractivity contribution < 1.29 is 0 Å². The van der Waals surface area contributed by atoms with Crippen molar-refractivity contribution in [3.05, 3.63) is 21.3 Å². The van der Waals surface area contributed by atoms with Crippen LogP contribution >= 0.6 is 22.9 Å². The van der Waals surface area contributed by atoms with Crippen LogP contribution in [-0.2, 0) is 5.41 Å². The highest BCUT2D eigenvalue weighted by Crippen LogP contribution is 2.46. The number of rotatable bonds is 2. The lowest BCUT2D eigenvalue weighted by molar-refractivity contribution is 0.258. The van der Waals surface area contributed by atoms with E-state index in [0.29, 0.717) is 0 Å². The summed E-state index contributed by atoms with van der Waals surface area (Å²) in [5.41, 5.74) is 6.06. The van der Waals surface area contributed by atoms with Crippen LogP contribution in [0.25, 0.3) is 0 Å². The molecular weight excluding hydrogens is 190 g/mol. The number of thiophene rings is 1. The quantitative estimate of drug-likeness (QED) is 0.783. The van der Waals surface area contributed by atoms with Gasteiger partial charge in [0.05, 0.1) is 4.34 Å². The van der Waals surface area contributed by atoms with Crippen molar-refractivity contribution in [2.24, 2.45) is 5.73 Å². The molecule has 1 saturated carbocycles. The first-order chi connectivity index (χ1) is 5.77. The Kier molecular flexibility index (Phi) is 2.15. The largest absolute Gasteiger partial charge is 0.330 e. The highest BCUT2D eigenvalue weighted by Gasteiger charge is 2.38. The third-order valence-corrected chi connectivity index (χ3v) is 4.27. The van der Waals surface area contributed by atoms with Crippen LogP contribution in [0.3, 0.4) is 0 Å². The zero-order chi connectivity index (χ0) is 8.60. The first kappa shape index (κ1) is 8.54. The molecule has 0 amide bonds. The highest BCUT2D eigenvalue weighted by atomic mass is 35.5. The predicted molar refractivity (Wildman–Crippen MR) is 53.9 cm³/mol. The van der Waals surface area contributed by atoms with Crippen LogP contribution < -0.4 is 5.73 Å². The molecule has 1 aliphatic carbocycles. The SMILES string of the molecule is NCC1(c2ccc(Cl)s2)CCC1. The molecule has 0 unspecified atom stereocenters. The van der Waals surface area contributed by atoms with Gasteiger partial charge in [-0.05, 0) is 25.0 Å². The van der Waals surface area contributed by atoms with Crippen molar-refractivity contribution in [1.82, 2.24) is 0 Å². The van der Waals surface area contributed by atoms with Crippen molar-refractivity contribution in [1.29, 1.82) is 0 Å². The summed E-state index contributed by atoms with van der Waals surface area (Å²) >= 11 is 7.56. The summed E-state index contributed by atoms with van der Waals surface area (Å²) in [5.74, 6) is 0. The van der Waals surface area contributed by atoms with Gasteiger partial charge >= 0.3 is 0 Å². The Labute approximate surface area is 81.5 Å². The van der Waals surface area contributed by atoms with Crippen LogP contribution in [-0.4, -0.2) is 6.54 Å². The van der Waals surface area contributed by atoms with Gasteiger partial charge in [-0.15, -0.1) is 11.3 Å². The molecule has 0 radical (unpaired) electrons. The van der Waals surface area contributed by atoms with Gasteiger partial charge in [0.1, 0.15) is 0 Å². The second kappa shape index (κ2) is 3.02. The van der Waals surface area contributed by atoms with Crippen LogP contribution in [0.5, 0.6) is 0 Å². The van der Waals surface area contributed by atoms with Gasteiger partial charge < -0.3 is 5.73 Å². The molecule has 1 aromatic heterocycles. The lowest BCUT2D eigenvalue weighted by Gasteiger charge is -2.40. The molecule has 0 saturated heterocycles. The molecule has 1 aliphatic rings. The first-order valence-corrected chi connectivity index (χ1v) is 5.42. The van der Waals surface area contributed by atoms with Crippen LogP contribution in [0.4, 0.5) is 0 Å². The Hall–Kier alpha value is -0.0500. The Morgan fingerprint density at radius 1 is 1.50 bits per heavy atom. The maximum absolute atomic E-state index is 5.88. The molecule has 0 spiro atoms. The predicted octanol–water partition coefficient (Wildman–Crippen LogP) is 2.78. The summed E-state index contributed by atoms with van der Waals surface area (Å²) in [4.78, 5) is 1.38. The Bertz CT molecular complexity index is 272. The van der Waals surface area contributed by atoms with Gasteiger partial charge in [-0.2, -0.15) is 0 Å². The third-order valence-electron chi connectivity index (χ3n) is 2.80. The summed E-state index contributed by atoms with van der Waals surface area (Å²) < 4.78 is 0.879. The van der Waals surface area contributed by atoms with Gasteiger partial charge in [-0.25, -0.2) is 0 Å². The van der Waals surface area contributed by atoms with E-state index in [0.717, 1.165) is 10.9 Å². The monoisotopic (exact) mass is 201 g/mol. The average Bonchev–Trinajstić information content (AvgIpc) is 2.35. The third kappa shape index (κ3) is 1.18. The number of nitrogens with two attached hydrogens (primary N) is 1. The maximum Gasteiger partial charge on any atom is 0.0931 e. The van der Waals surface area contributed by atoms with Gasteiger partial charge in [0.15, 0.2) is 0 Å². The molecule has 66 valence electrons. The lowest BCUT2D eigenvalue weighted by Crippen LogP contribution is -2.40. The molecule has 2 N–H and O–H groups in total. The average molecular weight is 202 g/mol. The van der Waals surface area contributed by atoms with E-state index in [1.165, 1.54) is 24.1 Å². The molecule has 0 aliphatic heterocycles. The second-order valence-electron chi connectivity index (χ2n) is 3.44. The van der Waals surface area contributed by atoms with Crippen molar-refractivity contribution in [3.63, 3.8) is 0 Å². The van der Waals surface area contributed by atoms with Gasteiger partial charge in [0.25, 0.3) is 0 Å². The van der Waals surface area contributed by atoms with Crippen molar-refractivity contribution in [2.75, 3.05) is 6.54 Å². The molecular formula is C9H12ClNS. The smallest absolute Gasteiger partial charge is 0.0931 e. The van der Waals surface area contributed by atoms with Crippen LogP contribution in [0.1, 0.15) is 24.1 Å². The molecule has 1 aromatic rings. The zero-order valence-corrected chi connectivity index (χ0v) is 8.42. The standard InChI is InChI=1S/C9H12ClNS/c10-8-3-2-7(12-8)9(6-11)4-1-5-9/h2-3H,1,4-6,11H2. The van der Waals surface area contributed by atoms with E-state index in [9.17, 15) is 0 Å². The summed E-state index contributed by atoms with van der Waals surface area (Å²) in [5, 5.41) is 0. The van der Waals surface area contributed by atoms with Gasteiger partial charge in [0.2, 0.25) is 0 Å². The summed E-state index contributed by atoms with van der Waals surface area (Å²) in [6.07, 6.45) is 3.79. The highest BCUT2D eigenvalue weighted by molar-refractivity contribution is 7.16. The number of halogens is 1. The normalized spacial score (nSPS) is 20.5. The number of hydrogen-bond acceptors (Lipinski definition) is 2. The maximum atomic E-state index is 5.88. The topological polar surface area (TPSA) is 26.0 Å². The molecule has 12 heavy (non-hydrogen) atoms. The van der Waals surface area contributed by atoms with Crippen LogP contribution in [0.2, 0.25) is 4.34 Å². The van der Waals surface area contributed by atoms with E-state index in [1.807, 2.05) is 6.07 Å². The number of hydrogen-bond donors (Lipinski definition) is 1. The van der Waals surface area contributed by atoms with Crippen LogP contribution in [0.15, 0.2) is 12.1 Å². The van der Waals surface area contributed by atoms with Gasteiger partial charge in [-0.3, -0.25) is 0 Å². The minimum Gasteiger partial charge on any atom is -0.330 e. The van der Waals surface area contributed by atoms with Crippen LogP contribution in [0, 0.1) is 0 Å². The Morgan fingerprint density at radius 3 is 2.58 bits per heavy atom. The van der Waals surface area contributed by atoms with E-state index in [2.05, 4.69) is 6.07 Å². The molecule has 1 heterocycles. The summed E-state index contributed by atoms with van der Waals surface area (Å²) in [7, 11) is 0. The summed E-state index contributed by atoms with van der Waals surface area (Å²) in [6, 6.07) is 4.09. The molecule has 0 bridgehead atoms. The van der Waals surface area contributed by atoms with E-state index >= 15 is 0 Å². The van der Waals surface area contributed by atoms with E-state index in [1.54, 1.807) is 11.3 Å². The van der Waals surface area contributed by atoms with Gasteiger partial charge in [-0.1, -0.05) is 18.0 Å². The second-order valence-corrected chi connectivity index (χ2v) is 5.16. The fourth-order valence-corrected chi connectivity index (χ4v) is 3.05. The van der Waals surface area contributed by atoms with Crippen molar-refractivity contribution in [2.45, 2.75) is 24.7 Å². The molecule has 1 fully saturated rings. The molecule has 0 aromatic carbocycles. The van der Waals surface area contributed by atoms with E-state index in [4.69, 9.17) is 17.3 Å². The summed E-state index contributed by atoms with van der Waals surface area (Å²) in [6.45, 7) is 0.768. The Morgan fingerprint density at radius 2 is 2.25 bits per heavy atom. The van der Waals surface area contributed by atoms with E-state index in [-0.39, 0.29) is 5.41 Å². The van der Waals surface area contributed by atoms with Gasteiger partial charge in [0, 0.05) is 16.8 Å². The molecule has 2 rings (SSSR count). The minimum atomic E-state index is 0.289. The fourth-order valence-electron chi connectivity index (χ4n) is 1.75. The Balaban J connectivity index is 2.27. The zero-order valence-electron chi connectivity index (χ0n) is 6.85. The molecule has 3 heteroatoms. The van der Waals surface area contributed by atoms with Crippen molar-refractivity contribution >= 4 is 22.9 Å².